The molecule has 3 aromatic rings. The molecule has 4 N–H and O–H groups in total. The lowest BCUT2D eigenvalue weighted by molar-refractivity contribution is -0.119. The number of hydrogen-bond acceptors (Lipinski definition) is 10. The average molecular weight is 641 g/mol. The van der Waals surface area contributed by atoms with Crippen molar-refractivity contribution in [2.75, 3.05) is 49.7 Å². The van der Waals surface area contributed by atoms with E-state index in [4.69, 9.17) is 14.2 Å². The normalized spacial score (nSPS) is 19.5. The second-order valence-electron chi connectivity index (χ2n) is 12.1. The Bertz CT molecular complexity index is 1720. The van der Waals surface area contributed by atoms with E-state index in [1.807, 2.05) is 9.47 Å². The number of carbonyl (C=O) groups excluding carboxylic acids is 2. The number of methoxy groups -OCH3 is 1. The molecular weight excluding hydrogens is 603 g/mol. The highest BCUT2D eigenvalue weighted by Gasteiger charge is 2.36. The van der Waals surface area contributed by atoms with Crippen molar-refractivity contribution in [1.82, 2.24) is 9.88 Å². The van der Waals surface area contributed by atoms with Crippen LogP contribution in [-0.4, -0.2) is 83.5 Å². The largest absolute Gasteiger partial charge is 0.492 e. The van der Waals surface area contributed by atoms with E-state index in [-0.39, 0.29) is 48.6 Å². The fourth-order valence-corrected chi connectivity index (χ4v) is 6.09. The van der Waals surface area contributed by atoms with Crippen molar-refractivity contribution in [3.63, 3.8) is 0 Å². The van der Waals surface area contributed by atoms with Gasteiger partial charge in [0.15, 0.2) is 29.0 Å². The number of ether oxygens (including phenoxy) is 3. The van der Waals surface area contributed by atoms with E-state index in [2.05, 4.69) is 5.32 Å². The number of anilines is 2. The molecule has 1 atom stereocenters. The Hall–Kier alpha value is -4.40. The van der Waals surface area contributed by atoms with E-state index in [1.165, 1.54) is 43.3 Å². The zero-order valence-corrected chi connectivity index (χ0v) is 25.6. The third-order valence-corrected chi connectivity index (χ3v) is 8.79. The summed E-state index contributed by atoms with van der Waals surface area (Å²) in [5, 5.41) is 33.8. The van der Waals surface area contributed by atoms with Crippen LogP contribution in [0, 0.1) is 5.82 Å². The number of fused-ring (bicyclic) bond motifs is 1. The fraction of sp³-hybridized carbons (Fsp3) is 0.469. The van der Waals surface area contributed by atoms with Crippen molar-refractivity contribution in [3.05, 3.63) is 58.1 Å². The molecule has 14 heteroatoms. The molecule has 1 aliphatic carbocycles. The quantitative estimate of drug-likeness (QED) is 0.242. The van der Waals surface area contributed by atoms with Gasteiger partial charge in [0.05, 0.1) is 48.0 Å². The number of amides is 2. The van der Waals surface area contributed by atoms with Crippen molar-refractivity contribution in [3.8, 4) is 11.5 Å². The van der Waals surface area contributed by atoms with Crippen molar-refractivity contribution in [2.45, 2.75) is 56.6 Å². The highest BCUT2D eigenvalue weighted by Crippen LogP contribution is 2.43. The van der Waals surface area contributed by atoms with Crippen molar-refractivity contribution < 1.29 is 43.5 Å². The molecule has 3 heterocycles. The van der Waals surface area contributed by atoms with Crippen LogP contribution in [-0.2, 0) is 9.53 Å². The van der Waals surface area contributed by atoms with Crippen molar-refractivity contribution in [2.24, 2.45) is 0 Å². The van der Waals surface area contributed by atoms with Crippen LogP contribution in [0.4, 0.5) is 20.6 Å². The van der Waals surface area contributed by atoms with Crippen molar-refractivity contribution >= 4 is 34.3 Å². The lowest BCUT2D eigenvalue weighted by Crippen LogP contribution is -2.48. The third kappa shape index (κ3) is 6.19. The molecule has 2 amide bonds. The summed E-state index contributed by atoms with van der Waals surface area (Å²) in [7, 11) is 1.53. The summed E-state index contributed by atoms with van der Waals surface area (Å²) in [5.74, 6) is -0.518. The van der Waals surface area contributed by atoms with E-state index in [0.29, 0.717) is 42.6 Å². The third-order valence-electron chi connectivity index (χ3n) is 8.79. The lowest BCUT2D eigenvalue weighted by Gasteiger charge is -2.39. The molecule has 0 bridgehead atoms. The topological polar surface area (TPSA) is 163 Å². The van der Waals surface area contributed by atoms with Gasteiger partial charge in [-0.2, -0.15) is 0 Å². The van der Waals surface area contributed by atoms with Gasteiger partial charge in [0.1, 0.15) is 18.3 Å². The standard InChI is InChI=1S/C32H37FN4O9/c1-18(38)34-14-21-15-37(31(42)46-21)20-5-8-26(24(33)13-20)45-17-32(43)9-11-35(12-10-32)25-7-6-22-27(29(25)44-2)36(19-3-4-19)16-23(28(22)39)30(40)41/h5-8,13,16,19,21,30,40-41,43H,3-4,9-12,14-15,17H2,1-2H3,(H,34,38)/t21-/m0/s1. The number of cyclic esters (lactones) is 1. The van der Waals surface area contributed by atoms with Crippen LogP contribution in [0.2, 0.25) is 0 Å². The molecule has 0 radical (unpaired) electrons. The predicted octanol–water partition coefficient (Wildman–Crippen LogP) is 2.34. The molecule has 0 unspecified atom stereocenters. The summed E-state index contributed by atoms with van der Waals surface area (Å²) in [4.78, 5) is 39.8. The molecule has 13 nitrogen and oxygen atoms in total. The van der Waals surface area contributed by atoms with Crippen LogP contribution in [0.1, 0.15) is 50.5 Å². The Morgan fingerprint density at radius 3 is 2.54 bits per heavy atom. The molecule has 246 valence electrons. The SMILES string of the molecule is COc1c(N2CCC(O)(COc3ccc(N4C[C@H](CNC(C)=O)OC4=O)cc3F)CC2)ccc2c(=O)c(C(O)O)cn(C3CC3)c12. The number of aromatic nitrogens is 1. The van der Waals surface area contributed by atoms with Gasteiger partial charge < -0.3 is 44.3 Å². The van der Waals surface area contributed by atoms with Gasteiger partial charge in [-0.1, -0.05) is 0 Å². The van der Waals surface area contributed by atoms with Crippen LogP contribution in [0.15, 0.2) is 41.3 Å². The summed E-state index contributed by atoms with van der Waals surface area (Å²) >= 11 is 0. The molecule has 1 saturated carbocycles. The summed E-state index contributed by atoms with van der Waals surface area (Å²) < 4.78 is 33.7. The van der Waals surface area contributed by atoms with Crippen LogP contribution in [0.25, 0.3) is 10.9 Å². The number of rotatable bonds is 10. The Labute approximate surface area is 263 Å². The molecular formula is C32H37FN4O9. The van der Waals surface area contributed by atoms with Gasteiger partial charge in [0.2, 0.25) is 5.91 Å². The minimum atomic E-state index is -1.89. The Balaban J connectivity index is 1.12. The number of piperidine rings is 1. The van der Waals surface area contributed by atoms with E-state index >= 15 is 4.39 Å². The molecule has 2 saturated heterocycles. The maximum atomic E-state index is 15.0. The molecule has 1 aromatic heterocycles. The Morgan fingerprint density at radius 1 is 1.17 bits per heavy atom. The van der Waals surface area contributed by atoms with Gasteiger partial charge in [-0.05, 0) is 49.9 Å². The number of benzene rings is 2. The first-order valence-electron chi connectivity index (χ1n) is 15.2. The number of aliphatic hydroxyl groups is 3. The number of aliphatic hydroxyl groups excluding tert-OH is 1. The summed E-state index contributed by atoms with van der Waals surface area (Å²) in [5.41, 5.74) is -0.176. The summed E-state index contributed by atoms with van der Waals surface area (Å²) in [6, 6.07) is 7.66. The van der Waals surface area contributed by atoms with Gasteiger partial charge >= 0.3 is 6.09 Å². The summed E-state index contributed by atoms with van der Waals surface area (Å²) in [6.45, 7) is 2.39. The number of pyridine rings is 1. The van der Waals surface area contributed by atoms with Gasteiger partial charge in [-0.3, -0.25) is 14.5 Å². The first-order valence-corrected chi connectivity index (χ1v) is 15.2. The van der Waals surface area contributed by atoms with E-state index in [1.54, 1.807) is 12.1 Å². The monoisotopic (exact) mass is 640 g/mol. The van der Waals surface area contributed by atoms with E-state index < -0.39 is 35.3 Å². The molecule has 6 rings (SSSR count). The number of nitrogens with one attached hydrogen (secondary N) is 1. The average Bonchev–Trinajstić information content (AvgIpc) is 3.80. The molecule has 2 aromatic carbocycles. The van der Waals surface area contributed by atoms with E-state index in [0.717, 1.165) is 18.5 Å². The molecule has 46 heavy (non-hydrogen) atoms. The zero-order chi connectivity index (χ0) is 32.7. The zero-order valence-electron chi connectivity index (χ0n) is 25.6. The number of hydrogen-bond donors (Lipinski definition) is 4. The minimum absolute atomic E-state index is 0.0661. The fourth-order valence-electron chi connectivity index (χ4n) is 6.09. The molecule has 3 aliphatic rings. The Kier molecular flexibility index (Phi) is 8.53. The van der Waals surface area contributed by atoms with Crippen LogP contribution in [0.5, 0.6) is 11.5 Å². The second kappa shape index (κ2) is 12.4. The maximum Gasteiger partial charge on any atom is 0.414 e. The van der Waals surface area contributed by atoms with Gasteiger partial charge in [-0.25, -0.2) is 9.18 Å². The molecule has 3 fully saturated rings. The highest BCUT2D eigenvalue weighted by atomic mass is 19.1. The summed E-state index contributed by atoms with van der Waals surface area (Å²) in [6.07, 6.45) is 0.842. The minimum Gasteiger partial charge on any atom is -0.492 e. The first kappa shape index (κ1) is 31.6. The van der Waals surface area contributed by atoms with Crippen LogP contribution >= 0.6 is 0 Å². The van der Waals surface area contributed by atoms with Crippen molar-refractivity contribution in [1.29, 1.82) is 0 Å². The van der Waals surface area contributed by atoms with Crippen LogP contribution in [0.3, 0.4) is 0 Å². The number of halogens is 1. The van der Waals surface area contributed by atoms with Gasteiger partial charge in [-0.15, -0.1) is 0 Å². The van der Waals surface area contributed by atoms with Gasteiger partial charge in [0, 0.05) is 38.3 Å². The first-order chi connectivity index (χ1) is 22.0. The molecule has 2 aliphatic heterocycles. The predicted molar refractivity (Wildman–Crippen MR) is 165 cm³/mol. The number of nitrogens with zero attached hydrogens (tertiary/aromatic N) is 3. The lowest BCUT2D eigenvalue weighted by atomic mass is 9.92. The van der Waals surface area contributed by atoms with E-state index in [9.17, 15) is 29.7 Å². The highest BCUT2D eigenvalue weighted by molar-refractivity contribution is 5.92. The van der Waals surface area contributed by atoms with Crippen LogP contribution < -0.4 is 30.0 Å². The maximum absolute atomic E-state index is 15.0. The molecule has 0 spiro atoms. The smallest absolute Gasteiger partial charge is 0.414 e. The second-order valence-corrected chi connectivity index (χ2v) is 12.1. The number of carbonyl (C=O) groups is 2. The Morgan fingerprint density at radius 2 is 1.91 bits per heavy atom. The van der Waals surface area contributed by atoms with Gasteiger partial charge in [0.25, 0.3) is 0 Å².